The van der Waals surface area contributed by atoms with Gasteiger partial charge in [-0.25, -0.2) is 0 Å². The summed E-state index contributed by atoms with van der Waals surface area (Å²) in [4.78, 5) is 2.26. The van der Waals surface area contributed by atoms with Crippen LogP contribution in [0.15, 0.2) is 42.5 Å². The molecule has 2 aromatic carbocycles. The van der Waals surface area contributed by atoms with Crippen molar-refractivity contribution in [2.24, 2.45) is 0 Å². The van der Waals surface area contributed by atoms with E-state index in [1.54, 1.807) is 19.2 Å². The number of ether oxygens (including phenoxy) is 1. The van der Waals surface area contributed by atoms with E-state index in [-0.39, 0.29) is 57.7 Å². The molecule has 0 saturated heterocycles. The number of halogens is 2. The minimum Gasteiger partial charge on any atom is -0.508 e. The van der Waals surface area contributed by atoms with Crippen molar-refractivity contribution in [3.05, 3.63) is 65.6 Å². The monoisotopic (exact) mass is 518 g/mol. The third-order valence-corrected chi connectivity index (χ3v) is 4.51. The summed E-state index contributed by atoms with van der Waals surface area (Å²) in [6, 6.07) is 14.5. The molecule has 0 heterocycles. The molecular weight excluding hydrogens is 481 g/mol. The number of hydrogen-bond donors (Lipinski definition) is 1. The minimum atomic E-state index is 0. The number of aromatic hydroxyl groups is 1. The fourth-order valence-corrected chi connectivity index (χ4v) is 2.84. The number of rotatable bonds is 2. The Labute approximate surface area is 219 Å². The largest absolute Gasteiger partial charge is 0.508 e. The van der Waals surface area contributed by atoms with Crippen LogP contribution >= 0.6 is 24.8 Å². The molecule has 0 fully saturated rings. The summed E-state index contributed by atoms with van der Waals surface area (Å²) >= 11 is 0. The van der Waals surface area contributed by atoms with E-state index in [4.69, 9.17) is 4.74 Å². The molecule has 3 rings (SSSR count). The zero-order valence-electron chi connectivity index (χ0n) is 20.0. The van der Waals surface area contributed by atoms with Gasteiger partial charge in [0.1, 0.15) is 11.5 Å². The maximum Gasteiger partial charge on any atom is 0.122 e. The normalized spacial score (nSPS) is 13.4. The van der Waals surface area contributed by atoms with Crippen molar-refractivity contribution in [3.63, 3.8) is 0 Å². The second-order valence-electron chi connectivity index (χ2n) is 8.27. The third-order valence-electron chi connectivity index (χ3n) is 4.51. The Balaban J connectivity index is -0.000000414. The van der Waals surface area contributed by atoms with Gasteiger partial charge in [-0.2, -0.15) is 18.1 Å². The van der Waals surface area contributed by atoms with Crippen LogP contribution in [-0.4, -0.2) is 46.8 Å². The van der Waals surface area contributed by atoms with Gasteiger partial charge in [0.2, 0.25) is 0 Å². The summed E-state index contributed by atoms with van der Waals surface area (Å²) in [6.07, 6.45) is 3.51. The number of nitrogens with zero attached hydrogens (tertiary/aromatic N) is 1. The van der Waals surface area contributed by atoms with Gasteiger partial charge in [-0.15, -0.1) is 42.5 Å². The van der Waals surface area contributed by atoms with Crippen LogP contribution in [0, 0.1) is 6.42 Å². The topological polar surface area (TPSA) is 32.7 Å². The third kappa shape index (κ3) is 12.3. The van der Waals surface area contributed by atoms with E-state index in [2.05, 4.69) is 83.5 Å². The van der Waals surface area contributed by atoms with Gasteiger partial charge in [0.25, 0.3) is 0 Å². The number of phenols is 1. The van der Waals surface area contributed by atoms with Crippen molar-refractivity contribution in [1.29, 1.82) is 0 Å². The first-order chi connectivity index (χ1) is 13.1. The van der Waals surface area contributed by atoms with Gasteiger partial charge in [-0.05, 0) is 43.2 Å². The van der Waals surface area contributed by atoms with Crippen molar-refractivity contribution in [1.82, 2.24) is 4.90 Å². The van der Waals surface area contributed by atoms with E-state index in [9.17, 15) is 5.11 Å². The smallest absolute Gasteiger partial charge is 0.122 e. The average molecular weight is 519 g/mol. The van der Waals surface area contributed by atoms with Crippen molar-refractivity contribution < 1.29 is 31.6 Å². The molecule has 1 N–H and O–H groups in total. The summed E-state index contributed by atoms with van der Waals surface area (Å²) in [5.74, 6) is 0.953. The van der Waals surface area contributed by atoms with E-state index in [0.717, 1.165) is 15.1 Å². The molecule has 3 nitrogen and oxygen atoms in total. The Morgan fingerprint density at radius 1 is 1.06 bits per heavy atom. The number of likely N-dealkylation sites (N-methyl/N-ethyl adjacent to an activating group) is 1. The summed E-state index contributed by atoms with van der Waals surface area (Å²) in [5, 5.41) is 9.41. The summed E-state index contributed by atoms with van der Waals surface area (Å²) < 4.78 is 5.07. The molecule has 0 saturated carbocycles. The van der Waals surface area contributed by atoms with Crippen LogP contribution in [0.4, 0.5) is 0 Å². The van der Waals surface area contributed by atoms with Gasteiger partial charge in [0.05, 0.1) is 7.11 Å². The van der Waals surface area contributed by atoms with Crippen molar-refractivity contribution in [2.75, 3.05) is 21.2 Å². The van der Waals surface area contributed by atoms with Gasteiger partial charge in [0.15, 0.2) is 0 Å². The number of methoxy groups -OCH3 is 1. The van der Waals surface area contributed by atoms with E-state index < -0.39 is 0 Å². The first kappa shape index (κ1) is 35.0. The summed E-state index contributed by atoms with van der Waals surface area (Å²) in [6.45, 7) is 10.6. The molecular formula is C24H38Cl2NO2SiTi-. The summed E-state index contributed by atoms with van der Waals surface area (Å²) in [7, 11) is 6.95. The Hall–Kier alpha value is -0.619. The molecule has 0 spiro atoms. The number of benzene rings is 2. The molecule has 7 heteroatoms. The first-order valence-corrected chi connectivity index (χ1v) is 11.7. The molecule has 1 unspecified atom stereocenters. The Kier molecular flexibility index (Phi) is 19.1. The predicted molar refractivity (Wildman–Crippen MR) is 136 cm³/mol. The second kappa shape index (κ2) is 16.9. The van der Waals surface area contributed by atoms with Crippen LogP contribution in [0.1, 0.15) is 37.5 Å². The Morgan fingerprint density at radius 2 is 1.61 bits per heavy atom. The molecule has 174 valence electrons. The number of fused-ring (bicyclic) bond motifs is 1. The van der Waals surface area contributed by atoms with Crippen molar-refractivity contribution >= 4 is 34.3 Å². The number of hydrogen-bond acceptors (Lipinski definition) is 3. The van der Waals surface area contributed by atoms with Crippen LogP contribution in [0.25, 0.3) is 0 Å². The van der Waals surface area contributed by atoms with Crippen molar-refractivity contribution in [3.8, 4) is 11.5 Å². The molecule has 0 bridgehead atoms. The predicted octanol–water partition coefficient (Wildman–Crippen LogP) is 6.05. The van der Waals surface area contributed by atoms with Crippen LogP contribution < -0.4 is 4.74 Å². The van der Waals surface area contributed by atoms with Crippen LogP contribution in [-0.2, 0) is 33.6 Å². The quantitative estimate of drug-likeness (QED) is 0.387. The molecule has 31 heavy (non-hydrogen) atoms. The average Bonchev–Trinajstić information content (AvgIpc) is 3.06. The molecule has 1 aliphatic rings. The molecule has 1 atom stereocenters. The van der Waals surface area contributed by atoms with Gasteiger partial charge in [-0.3, -0.25) is 0 Å². The maximum absolute atomic E-state index is 9.41. The Bertz CT molecular complexity index is 715. The SMILES string of the molecule is CN(C)C1[CH-]c2ccccc2C1.COc1cc(O)cc(C(C)(C)C)c1.C[Si]C.Cl.Cl.[Ti]. The van der Waals surface area contributed by atoms with E-state index >= 15 is 0 Å². The molecule has 0 amide bonds. The molecule has 0 aromatic heterocycles. The molecule has 2 aromatic rings. The van der Waals surface area contributed by atoms with Crippen LogP contribution in [0.3, 0.4) is 0 Å². The fourth-order valence-electron chi connectivity index (χ4n) is 2.84. The minimum absolute atomic E-state index is 0. The molecule has 2 radical (unpaired) electrons. The summed E-state index contributed by atoms with van der Waals surface area (Å²) in [5.41, 5.74) is 4.00. The number of phenolic OH excluding ortho intramolecular Hbond substituents is 1. The zero-order chi connectivity index (χ0) is 21.3. The van der Waals surface area contributed by atoms with Crippen LogP contribution in [0.5, 0.6) is 11.5 Å². The Morgan fingerprint density at radius 3 is 2.06 bits per heavy atom. The van der Waals surface area contributed by atoms with E-state index in [0.29, 0.717) is 11.8 Å². The van der Waals surface area contributed by atoms with Crippen molar-refractivity contribution in [2.45, 2.75) is 51.7 Å². The second-order valence-corrected chi connectivity index (χ2v) is 9.27. The van der Waals surface area contributed by atoms with Gasteiger partial charge < -0.3 is 14.7 Å². The van der Waals surface area contributed by atoms with E-state index in [1.807, 2.05) is 6.07 Å². The maximum atomic E-state index is 9.41. The van der Waals surface area contributed by atoms with E-state index in [1.165, 1.54) is 17.5 Å². The molecule has 1 aliphatic carbocycles. The van der Waals surface area contributed by atoms with Gasteiger partial charge in [0, 0.05) is 37.3 Å². The van der Waals surface area contributed by atoms with Gasteiger partial charge in [-0.1, -0.05) is 46.4 Å². The standard InChI is InChI=1S/C11H14N.C11H16O2.C2H6Si.2ClH.Ti/c1-12(2)11-7-9-5-3-4-6-10(9)8-11;1-11(2,3)8-5-9(12)7-10(6-8)13-4;1-3-2;;;/h3-7,11H,8H2,1-2H3;5-7,12H,1-4H3;1-2H3;2*1H;/q-1;;;;;. The van der Waals surface area contributed by atoms with Gasteiger partial charge >= 0.3 is 0 Å². The first-order valence-electron chi connectivity index (χ1n) is 9.68. The molecule has 0 aliphatic heterocycles. The zero-order valence-corrected chi connectivity index (χ0v) is 24.2. The fraction of sp³-hybridized carbons (Fsp3) is 0.458. The van der Waals surface area contributed by atoms with Crippen LogP contribution in [0.2, 0.25) is 13.1 Å².